The Morgan fingerprint density at radius 3 is 2.69 bits per heavy atom. The molecule has 0 aromatic carbocycles. The van der Waals surface area contributed by atoms with Crippen LogP contribution in [0.2, 0.25) is 0 Å². The first-order chi connectivity index (χ1) is 7.40. The summed E-state index contributed by atoms with van der Waals surface area (Å²) in [6, 6.07) is 0. The molecule has 3 atom stereocenters. The number of aliphatic hydroxyl groups is 1. The van der Waals surface area contributed by atoms with Gasteiger partial charge in [-0.3, -0.25) is 0 Å². The highest BCUT2D eigenvalue weighted by molar-refractivity contribution is 5.68. The summed E-state index contributed by atoms with van der Waals surface area (Å²) < 4.78 is 5.34. The fourth-order valence-electron chi connectivity index (χ4n) is 2.50. The largest absolute Gasteiger partial charge is 0.444 e. The maximum atomic E-state index is 11.9. The van der Waals surface area contributed by atoms with Gasteiger partial charge in [0.25, 0.3) is 0 Å². The number of piperidine rings is 1. The average molecular weight is 227 g/mol. The maximum Gasteiger partial charge on any atom is 0.410 e. The quantitative estimate of drug-likeness (QED) is 0.738. The van der Waals surface area contributed by atoms with Crippen LogP contribution >= 0.6 is 0 Å². The molecule has 2 fully saturated rings. The van der Waals surface area contributed by atoms with Crippen LogP contribution < -0.4 is 0 Å². The Balaban J connectivity index is 1.92. The molecule has 1 heterocycles. The van der Waals surface area contributed by atoms with E-state index in [-0.39, 0.29) is 18.6 Å². The van der Waals surface area contributed by atoms with Crippen molar-refractivity contribution in [1.29, 1.82) is 0 Å². The monoisotopic (exact) mass is 227 g/mol. The van der Waals surface area contributed by atoms with Gasteiger partial charge in [0.2, 0.25) is 0 Å². The summed E-state index contributed by atoms with van der Waals surface area (Å²) in [5.74, 6) is 1.49. The molecule has 4 nitrogen and oxygen atoms in total. The number of aliphatic hydroxyl groups excluding tert-OH is 1. The lowest BCUT2D eigenvalue weighted by atomic mass is 9.99. The van der Waals surface area contributed by atoms with Crippen molar-refractivity contribution in [2.24, 2.45) is 17.8 Å². The number of carbonyl (C=O) groups excluding carboxylic acids is 1. The molecule has 0 spiro atoms. The van der Waals surface area contributed by atoms with Gasteiger partial charge in [0.15, 0.2) is 0 Å². The van der Waals surface area contributed by atoms with Crippen molar-refractivity contribution in [1.82, 2.24) is 4.90 Å². The Kier molecular flexibility index (Phi) is 2.86. The molecule has 1 N–H and O–H groups in total. The fourth-order valence-corrected chi connectivity index (χ4v) is 2.50. The normalized spacial score (nSPS) is 33.2. The van der Waals surface area contributed by atoms with Gasteiger partial charge < -0.3 is 14.7 Å². The van der Waals surface area contributed by atoms with Gasteiger partial charge in [-0.05, 0) is 39.0 Å². The van der Waals surface area contributed by atoms with Crippen LogP contribution in [-0.4, -0.2) is 41.4 Å². The molecule has 16 heavy (non-hydrogen) atoms. The molecule has 2 aliphatic rings. The van der Waals surface area contributed by atoms with Gasteiger partial charge in [-0.25, -0.2) is 4.79 Å². The molecule has 92 valence electrons. The molecular formula is C12H21NO3. The van der Waals surface area contributed by atoms with E-state index in [4.69, 9.17) is 4.74 Å². The van der Waals surface area contributed by atoms with E-state index in [9.17, 15) is 9.90 Å². The highest BCUT2D eigenvalue weighted by Gasteiger charge is 2.49. The maximum absolute atomic E-state index is 11.9. The lowest BCUT2D eigenvalue weighted by molar-refractivity contribution is 0.0117. The second-order valence-corrected chi connectivity index (χ2v) is 5.99. The number of fused-ring (bicyclic) bond motifs is 1. The number of carbonyl (C=O) groups is 1. The van der Waals surface area contributed by atoms with Gasteiger partial charge in [-0.1, -0.05) is 0 Å². The van der Waals surface area contributed by atoms with Crippen molar-refractivity contribution in [3.8, 4) is 0 Å². The second kappa shape index (κ2) is 3.91. The Bertz CT molecular complexity index is 284. The molecule has 0 radical (unpaired) electrons. The van der Waals surface area contributed by atoms with Crippen molar-refractivity contribution in [2.45, 2.75) is 32.8 Å². The lowest BCUT2D eigenvalue weighted by Crippen LogP contribution is -2.44. The van der Waals surface area contributed by atoms with Crippen LogP contribution in [0.5, 0.6) is 0 Å². The Hall–Kier alpha value is -0.770. The van der Waals surface area contributed by atoms with Crippen LogP contribution in [0.1, 0.15) is 27.2 Å². The highest BCUT2D eigenvalue weighted by Crippen LogP contribution is 2.48. The van der Waals surface area contributed by atoms with Crippen LogP contribution in [0.15, 0.2) is 0 Å². The van der Waals surface area contributed by atoms with Gasteiger partial charge in [0.1, 0.15) is 5.60 Å². The zero-order chi connectivity index (χ0) is 11.9. The molecule has 1 saturated carbocycles. The molecule has 1 aliphatic heterocycles. The van der Waals surface area contributed by atoms with Crippen molar-refractivity contribution in [2.75, 3.05) is 19.7 Å². The zero-order valence-corrected chi connectivity index (χ0v) is 10.3. The number of nitrogens with zero attached hydrogens (tertiary/aromatic N) is 1. The minimum absolute atomic E-state index is 0.181. The van der Waals surface area contributed by atoms with Crippen LogP contribution in [0, 0.1) is 17.8 Å². The molecule has 0 aromatic heterocycles. The Labute approximate surface area is 96.6 Å². The third kappa shape index (κ3) is 2.48. The van der Waals surface area contributed by atoms with Gasteiger partial charge >= 0.3 is 6.09 Å². The van der Waals surface area contributed by atoms with Crippen molar-refractivity contribution >= 4 is 6.09 Å². The molecule has 0 aromatic rings. The number of amides is 1. The molecule has 2 rings (SSSR count). The van der Waals surface area contributed by atoms with Crippen LogP contribution in [0.4, 0.5) is 4.79 Å². The second-order valence-electron chi connectivity index (χ2n) is 5.99. The first-order valence-electron chi connectivity index (χ1n) is 5.99. The van der Waals surface area contributed by atoms with Gasteiger partial charge in [-0.2, -0.15) is 0 Å². The predicted molar refractivity (Wildman–Crippen MR) is 60.0 cm³/mol. The molecule has 3 unspecified atom stereocenters. The number of ether oxygens (including phenoxy) is 1. The fraction of sp³-hybridized carbons (Fsp3) is 0.917. The van der Waals surface area contributed by atoms with E-state index in [1.165, 1.54) is 0 Å². The van der Waals surface area contributed by atoms with Crippen LogP contribution in [-0.2, 0) is 4.74 Å². The first-order valence-corrected chi connectivity index (χ1v) is 5.99. The number of rotatable bonds is 1. The summed E-state index contributed by atoms with van der Waals surface area (Å²) in [6.07, 6.45) is 0.918. The third-order valence-corrected chi connectivity index (χ3v) is 3.38. The zero-order valence-electron chi connectivity index (χ0n) is 10.3. The topological polar surface area (TPSA) is 49.8 Å². The SMILES string of the molecule is CC(C)(C)OC(=O)N1CC(CO)C2CC2C1. The van der Waals surface area contributed by atoms with Gasteiger partial charge in [-0.15, -0.1) is 0 Å². The van der Waals surface area contributed by atoms with Crippen molar-refractivity contribution in [3.63, 3.8) is 0 Å². The molecule has 4 heteroatoms. The van der Waals surface area contributed by atoms with Gasteiger partial charge in [0.05, 0.1) is 0 Å². The number of hydrogen-bond acceptors (Lipinski definition) is 3. The van der Waals surface area contributed by atoms with E-state index in [1.807, 2.05) is 20.8 Å². The van der Waals surface area contributed by atoms with Crippen molar-refractivity contribution in [3.05, 3.63) is 0 Å². The molecule has 0 bridgehead atoms. The first kappa shape index (κ1) is 11.7. The molecule has 1 saturated heterocycles. The molecule has 1 amide bonds. The van der Waals surface area contributed by atoms with Crippen molar-refractivity contribution < 1.29 is 14.6 Å². The highest BCUT2D eigenvalue weighted by atomic mass is 16.6. The summed E-state index contributed by atoms with van der Waals surface area (Å²) in [4.78, 5) is 13.6. The Morgan fingerprint density at radius 2 is 2.12 bits per heavy atom. The minimum Gasteiger partial charge on any atom is -0.444 e. The summed E-state index contributed by atoms with van der Waals surface area (Å²) >= 11 is 0. The smallest absolute Gasteiger partial charge is 0.410 e. The molecule has 1 aliphatic carbocycles. The summed E-state index contributed by atoms with van der Waals surface area (Å²) in [5.41, 5.74) is -0.438. The van der Waals surface area contributed by atoms with E-state index in [0.29, 0.717) is 18.4 Å². The van der Waals surface area contributed by atoms with E-state index in [0.717, 1.165) is 13.0 Å². The summed E-state index contributed by atoms with van der Waals surface area (Å²) in [6.45, 7) is 7.25. The molecular weight excluding hydrogens is 206 g/mol. The van der Waals surface area contributed by atoms with Crippen LogP contribution in [0.25, 0.3) is 0 Å². The van der Waals surface area contributed by atoms with E-state index >= 15 is 0 Å². The minimum atomic E-state index is -0.438. The van der Waals surface area contributed by atoms with Crippen LogP contribution in [0.3, 0.4) is 0 Å². The Morgan fingerprint density at radius 1 is 1.44 bits per heavy atom. The van der Waals surface area contributed by atoms with E-state index in [1.54, 1.807) is 4.90 Å². The average Bonchev–Trinajstić information content (AvgIpc) is 2.91. The lowest BCUT2D eigenvalue weighted by Gasteiger charge is -2.33. The number of likely N-dealkylation sites (tertiary alicyclic amines) is 1. The van der Waals surface area contributed by atoms with E-state index in [2.05, 4.69) is 0 Å². The summed E-state index contributed by atoms with van der Waals surface area (Å²) in [5, 5.41) is 9.24. The van der Waals surface area contributed by atoms with Gasteiger partial charge in [0, 0.05) is 25.6 Å². The summed E-state index contributed by atoms with van der Waals surface area (Å²) in [7, 11) is 0. The predicted octanol–water partition coefficient (Wildman–Crippen LogP) is 1.48. The van der Waals surface area contributed by atoms with E-state index < -0.39 is 5.60 Å². The standard InChI is InChI=1S/C12H21NO3/c1-12(2,3)16-11(15)13-5-8-4-10(8)9(6-13)7-14/h8-10,14H,4-7H2,1-3H3. The number of hydrogen-bond donors (Lipinski definition) is 1. The third-order valence-electron chi connectivity index (χ3n) is 3.38.